The molecule has 0 radical (unpaired) electrons. The van der Waals surface area contributed by atoms with Crippen LogP contribution in [0.5, 0.6) is 0 Å². The fourth-order valence-corrected chi connectivity index (χ4v) is 0.798. The van der Waals surface area contributed by atoms with Gasteiger partial charge in [-0.1, -0.05) is 5.57 Å². The zero-order valence-corrected chi connectivity index (χ0v) is 5.93. The molecule has 1 rings (SSSR count). The van der Waals surface area contributed by atoms with E-state index >= 15 is 0 Å². The largest absolute Gasteiger partial charge is 0.389 e. The van der Waals surface area contributed by atoms with Gasteiger partial charge in [0.2, 0.25) is 0 Å². The zero-order valence-electron chi connectivity index (χ0n) is 5.93. The van der Waals surface area contributed by atoms with Gasteiger partial charge in [0.05, 0.1) is 6.42 Å². The minimum absolute atomic E-state index is 0.140. The Morgan fingerprint density at radius 3 is 2.20 bits per heavy atom. The maximum Gasteiger partial charge on any atom is 0.342 e. The maximum atomic E-state index is 10.7. The number of esters is 2. The van der Waals surface area contributed by atoms with E-state index in [0.29, 0.717) is 5.57 Å². The molecule has 0 bridgehead atoms. The second kappa shape index (κ2) is 2.25. The molecular formula is C7H8O3. The third kappa shape index (κ3) is 1.07. The molecule has 0 saturated carbocycles. The van der Waals surface area contributed by atoms with Crippen molar-refractivity contribution in [2.45, 2.75) is 20.3 Å². The van der Waals surface area contributed by atoms with Gasteiger partial charge in [-0.15, -0.1) is 0 Å². The van der Waals surface area contributed by atoms with Crippen LogP contribution in [-0.4, -0.2) is 11.9 Å². The van der Waals surface area contributed by atoms with Crippen LogP contribution in [-0.2, 0) is 14.3 Å². The molecule has 0 amide bonds. The van der Waals surface area contributed by atoms with Gasteiger partial charge in [-0.2, -0.15) is 0 Å². The zero-order chi connectivity index (χ0) is 7.72. The summed E-state index contributed by atoms with van der Waals surface area (Å²) < 4.78 is 4.30. The molecule has 0 spiro atoms. The number of hydrogen-bond donors (Lipinski definition) is 0. The number of allylic oxidation sites excluding steroid dienone is 1. The lowest BCUT2D eigenvalue weighted by atomic mass is 10.1. The molecule has 54 valence electrons. The number of rotatable bonds is 0. The average molecular weight is 140 g/mol. The van der Waals surface area contributed by atoms with E-state index in [1.54, 1.807) is 13.8 Å². The summed E-state index contributed by atoms with van der Waals surface area (Å²) in [6, 6.07) is 0. The Labute approximate surface area is 58.7 Å². The van der Waals surface area contributed by atoms with E-state index < -0.39 is 11.9 Å². The quantitative estimate of drug-likeness (QED) is 0.284. The van der Waals surface area contributed by atoms with Crippen LogP contribution in [0, 0.1) is 0 Å². The number of carbonyl (C=O) groups excluding carboxylic acids is 2. The SMILES string of the molecule is CC(C)=C1CC(=O)OC1=O. The summed E-state index contributed by atoms with van der Waals surface area (Å²) in [5.74, 6) is -0.925. The lowest BCUT2D eigenvalue weighted by molar-refractivity contribution is -0.151. The van der Waals surface area contributed by atoms with Crippen LogP contribution in [0.1, 0.15) is 20.3 Å². The maximum absolute atomic E-state index is 10.7. The predicted octanol–water partition coefficient (Wildman–Crippen LogP) is 0.796. The molecule has 1 aliphatic heterocycles. The monoisotopic (exact) mass is 140 g/mol. The fraction of sp³-hybridized carbons (Fsp3) is 0.429. The second-order valence-corrected chi connectivity index (χ2v) is 2.42. The minimum atomic E-state index is -0.481. The van der Waals surface area contributed by atoms with Gasteiger partial charge in [0.1, 0.15) is 0 Å². The van der Waals surface area contributed by atoms with Crippen molar-refractivity contribution in [2.24, 2.45) is 0 Å². The Morgan fingerprint density at radius 1 is 1.40 bits per heavy atom. The Bertz CT molecular complexity index is 221. The van der Waals surface area contributed by atoms with Crippen molar-refractivity contribution in [2.75, 3.05) is 0 Å². The lowest BCUT2D eigenvalue weighted by Crippen LogP contribution is -1.97. The number of hydrogen-bond acceptors (Lipinski definition) is 3. The molecule has 1 fully saturated rings. The molecule has 0 aromatic rings. The summed E-state index contributed by atoms with van der Waals surface area (Å²) in [6.07, 6.45) is 0.140. The summed E-state index contributed by atoms with van der Waals surface area (Å²) in [5.41, 5.74) is 1.36. The molecule has 3 heteroatoms. The third-order valence-corrected chi connectivity index (χ3v) is 1.38. The summed E-state index contributed by atoms with van der Waals surface area (Å²) in [7, 11) is 0. The summed E-state index contributed by atoms with van der Waals surface area (Å²) in [6.45, 7) is 3.57. The molecule has 1 aliphatic rings. The third-order valence-electron chi connectivity index (χ3n) is 1.38. The van der Waals surface area contributed by atoms with E-state index in [1.807, 2.05) is 0 Å². The molecule has 0 aromatic heterocycles. The molecule has 0 unspecified atom stereocenters. The van der Waals surface area contributed by atoms with E-state index in [2.05, 4.69) is 4.74 Å². The molecule has 1 heterocycles. The average Bonchev–Trinajstić information content (AvgIpc) is 2.10. The van der Waals surface area contributed by atoms with Gasteiger partial charge in [0, 0.05) is 5.57 Å². The van der Waals surface area contributed by atoms with Crippen molar-refractivity contribution >= 4 is 11.9 Å². The van der Waals surface area contributed by atoms with Crippen molar-refractivity contribution in [1.82, 2.24) is 0 Å². The van der Waals surface area contributed by atoms with E-state index in [4.69, 9.17) is 0 Å². The Balaban J connectivity index is 2.93. The van der Waals surface area contributed by atoms with Gasteiger partial charge in [-0.3, -0.25) is 4.79 Å². The molecule has 10 heavy (non-hydrogen) atoms. The topological polar surface area (TPSA) is 43.4 Å². The van der Waals surface area contributed by atoms with E-state index in [0.717, 1.165) is 5.57 Å². The number of carbonyl (C=O) groups is 2. The molecular weight excluding hydrogens is 132 g/mol. The molecule has 0 aromatic carbocycles. The van der Waals surface area contributed by atoms with E-state index in [9.17, 15) is 9.59 Å². The van der Waals surface area contributed by atoms with Crippen molar-refractivity contribution in [3.63, 3.8) is 0 Å². The smallest absolute Gasteiger partial charge is 0.342 e. The van der Waals surface area contributed by atoms with Crippen molar-refractivity contribution < 1.29 is 14.3 Å². The van der Waals surface area contributed by atoms with Gasteiger partial charge in [0.15, 0.2) is 0 Å². The van der Waals surface area contributed by atoms with Crippen LogP contribution in [0.2, 0.25) is 0 Å². The van der Waals surface area contributed by atoms with Crippen LogP contribution in [0.15, 0.2) is 11.1 Å². The van der Waals surface area contributed by atoms with Gasteiger partial charge in [-0.05, 0) is 13.8 Å². The fourth-order valence-electron chi connectivity index (χ4n) is 0.798. The van der Waals surface area contributed by atoms with Gasteiger partial charge in [0.25, 0.3) is 0 Å². The van der Waals surface area contributed by atoms with Gasteiger partial charge < -0.3 is 4.74 Å². The van der Waals surface area contributed by atoms with Crippen LogP contribution in [0.3, 0.4) is 0 Å². The Morgan fingerprint density at radius 2 is 2.00 bits per heavy atom. The summed E-state index contributed by atoms with van der Waals surface area (Å²) in [5, 5.41) is 0. The number of ether oxygens (including phenoxy) is 1. The minimum Gasteiger partial charge on any atom is -0.389 e. The van der Waals surface area contributed by atoms with Gasteiger partial charge >= 0.3 is 11.9 Å². The van der Waals surface area contributed by atoms with E-state index in [-0.39, 0.29) is 6.42 Å². The molecule has 3 nitrogen and oxygen atoms in total. The molecule has 0 aliphatic carbocycles. The highest BCUT2D eigenvalue weighted by atomic mass is 16.6. The Hall–Kier alpha value is -1.12. The first-order valence-corrected chi connectivity index (χ1v) is 3.02. The molecule has 0 N–H and O–H groups in total. The highest BCUT2D eigenvalue weighted by molar-refractivity contribution is 6.06. The summed E-state index contributed by atoms with van der Waals surface area (Å²) >= 11 is 0. The predicted molar refractivity (Wildman–Crippen MR) is 34.1 cm³/mol. The highest BCUT2D eigenvalue weighted by Gasteiger charge is 2.27. The van der Waals surface area contributed by atoms with Gasteiger partial charge in [-0.25, -0.2) is 4.79 Å². The van der Waals surface area contributed by atoms with Crippen LogP contribution < -0.4 is 0 Å². The molecule has 0 atom stereocenters. The van der Waals surface area contributed by atoms with Crippen LogP contribution in [0.4, 0.5) is 0 Å². The highest BCUT2D eigenvalue weighted by Crippen LogP contribution is 2.17. The number of cyclic esters (lactones) is 2. The van der Waals surface area contributed by atoms with Crippen LogP contribution in [0.25, 0.3) is 0 Å². The lowest BCUT2D eigenvalue weighted by Gasteiger charge is -1.90. The van der Waals surface area contributed by atoms with Crippen molar-refractivity contribution in [3.8, 4) is 0 Å². The normalized spacial score (nSPS) is 17.6. The van der Waals surface area contributed by atoms with Crippen molar-refractivity contribution in [1.29, 1.82) is 0 Å². The second-order valence-electron chi connectivity index (χ2n) is 2.42. The first kappa shape index (κ1) is 6.99. The standard InChI is InChI=1S/C7H8O3/c1-4(2)5-3-6(8)10-7(5)9/h3H2,1-2H3. The first-order valence-electron chi connectivity index (χ1n) is 3.02. The Kier molecular flexibility index (Phi) is 1.57. The summed E-state index contributed by atoms with van der Waals surface area (Å²) in [4.78, 5) is 21.2. The van der Waals surface area contributed by atoms with E-state index in [1.165, 1.54) is 0 Å². The molecule has 1 saturated heterocycles. The van der Waals surface area contributed by atoms with Crippen LogP contribution >= 0.6 is 0 Å². The van der Waals surface area contributed by atoms with Crippen molar-refractivity contribution in [3.05, 3.63) is 11.1 Å². The first-order chi connectivity index (χ1) is 4.61.